The molecule has 7 rings (SSSR count). The van der Waals surface area contributed by atoms with E-state index in [4.69, 9.17) is 4.74 Å². The Morgan fingerprint density at radius 2 is 1.49 bits per heavy atom. The van der Waals surface area contributed by atoms with Gasteiger partial charge in [-0.25, -0.2) is 14.0 Å². The highest BCUT2D eigenvalue weighted by Crippen LogP contribution is 2.57. The van der Waals surface area contributed by atoms with Crippen LogP contribution in [0.3, 0.4) is 0 Å². The number of halogens is 1. The van der Waals surface area contributed by atoms with Crippen LogP contribution in [0.4, 0.5) is 20.6 Å². The Balaban J connectivity index is 1.13. The molecule has 0 radical (unpaired) electrons. The molecule has 6 unspecified atom stereocenters. The van der Waals surface area contributed by atoms with Crippen LogP contribution in [0.25, 0.3) is 11.1 Å². The molecule has 6 N–H and O–H groups in total. The monoisotopic (exact) mass is 725 g/mol. The smallest absolute Gasteiger partial charge is 0.335 e. The summed E-state index contributed by atoms with van der Waals surface area (Å²) in [6, 6.07) is 26.3. The number of benzene rings is 4. The second kappa shape index (κ2) is 14.7. The first-order valence-electron chi connectivity index (χ1n) is 17.5. The van der Waals surface area contributed by atoms with E-state index in [1.165, 1.54) is 30.3 Å². The van der Waals surface area contributed by atoms with Crippen LogP contribution < -0.4 is 10.2 Å². The highest BCUT2D eigenvalue weighted by atomic mass is 19.1. The quantitative estimate of drug-likeness (QED) is 0.147. The van der Waals surface area contributed by atoms with Crippen molar-refractivity contribution in [1.82, 2.24) is 4.90 Å². The number of carbonyl (C=O) groups is 3. The van der Waals surface area contributed by atoms with Gasteiger partial charge >= 0.3 is 12.0 Å². The fourth-order valence-electron chi connectivity index (χ4n) is 7.78. The molecule has 12 nitrogen and oxygen atoms in total. The third kappa shape index (κ3) is 6.89. The van der Waals surface area contributed by atoms with E-state index in [0.717, 1.165) is 22.3 Å². The number of amides is 3. The Labute approximate surface area is 304 Å². The van der Waals surface area contributed by atoms with Crippen LogP contribution in [0, 0.1) is 11.2 Å². The normalized spacial score (nSPS) is 25.2. The summed E-state index contributed by atoms with van der Waals surface area (Å²) < 4.78 is 19.1. The van der Waals surface area contributed by atoms with Crippen LogP contribution >= 0.6 is 0 Å². The Kier molecular flexibility index (Phi) is 10.0. The topological polar surface area (TPSA) is 180 Å². The van der Waals surface area contributed by atoms with Gasteiger partial charge in [-0.05, 0) is 83.6 Å². The van der Waals surface area contributed by atoms with E-state index in [0.29, 0.717) is 37.3 Å². The zero-order chi connectivity index (χ0) is 37.4. The number of urea groups is 1. The molecule has 0 saturated carbocycles. The molecule has 1 spiro atoms. The molecular weight excluding hydrogens is 685 g/mol. The van der Waals surface area contributed by atoms with Crippen molar-refractivity contribution in [2.75, 3.05) is 29.9 Å². The van der Waals surface area contributed by atoms with Gasteiger partial charge in [0.05, 0.1) is 29.7 Å². The Bertz CT molecular complexity index is 1960. The molecule has 53 heavy (non-hydrogen) atoms. The van der Waals surface area contributed by atoms with E-state index >= 15 is 0 Å². The molecule has 3 heterocycles. The largest absolute Gasteiger partial charge is 0.478 e. The van der Waals surface area contributed by atoms with Gasteiger partial charge in [-0.15, -0.1) is 0 Å². The SMILES string of the molecule is O=C(O)c1cccc(-c2ccc(C3N(c4ccc(CC5OC(CO)C(O)C(O)C5O)cc4)C(=O)C34CCN(C(=O)Nc3ccc(F)cc3)CC4)cc2)c1. The number of hydrogen-bond acceptors (Lipinski definition) is 8. The van der Waals surface area contributed by atoms with E-state index in [2.05, 4.69) is 5.32 Å². The highest BCUT2D eigenvalue weighted by Gasteiger charge is 2.62. The van der Waals surface area contributed by atoms with Crippen molar-refractivity contribution < 1.29 is 49.0 Å². The van der Waals surface area contributed by atoms with Gasteiger partial charge in [0, 0.05) is 30.9 Å². The minimum absolute atomic E-state index is 0.0824. The van der Waals surface area contributed by atoms with Crippen molar-refractivity contribution in [3.8, 4) is 11.1 Å². The minimum Gasteiger partial charge on any atom is -0.478 e. The number of nitrogens with zero attached hydrogens (tertiary/aromatic N) is 2. The summed E-state index contributed by atoms with van der Waals surface area (Å²) in [5, 5.41) is 52.8. The third-order valence-electron chi connectivity index (χ3n) is 10.8. The molecule has 3 saturated heterocycles. The average Bonchev–Trinajstić information content (AvgIpc) is 3.18. The van der Waals surface area contributed by atoms with E-state index in [9.17, 15) is 44.3 Å². The van der Waals surface area contributed by atoms with Crippen LogP contribution in [0.1, 0.15) is 40.4 Å². The summed E-state index contributed by atoms with van der Waals surface area (Å²) in [6.07, 6.45) is -5.19. The lowest BCUT2D eigenvalue weighted by molar-refractivity contribution is -0.228. The van der Waals surface area contributed by atoms with Crippen LogP contribution in [-0.4, -0.2) is 98.6 Å². The molecule has 13 heteroatoms. The number of aliphatic hydroxyl groups is 4. The number of carbonyl (C=O) groups excluding carboxylic acids is 2. The van der Waals surface area contributed by atoms with Crippen LogP contribution in [0.5, 0.6) is 0 Å². The molecule has 4 aromatic carbocycles. The second-order valence-corrected chi connectivity index (χ2v) is 13.9. The van der Waals surface area contributed by atoms with Crippen molar-refractivity contribution in [1.29, 1.82) is 0 Å². The van der Waals surface area contributed by atoms with E-state index in [1.54, 1.807) is 46.2 Å². The standard InChI is InChI=1S/C40H40FN3O9/c41-28-10-12-29(13-11-28)42-39(52)43-18-16-40(17-19-43)36(25-8-6-24(7-9-25)26-2-1-3-27(21-26)37(49)50)44(38(40)51)30-14-4-23(5-15-30)20-31-33(46)35(48)34(47)32(22-45)53-31/h1-15,21,31-36,45-48H,16-20,22H2,(H,42,52)(H,49,50). The average molecular weight is 726 g/mol. The van der Waals surface area contributed by atoms with E-state index in [-0.39, 0.29) is 30.0 Å². The lowest BCUT2D eigenvalue weighted by Gasteiger charge is -2.59. The summed E-state index contributed by atoms with van der Waals surface area (Å²) >= 11 is 0. The van der Waals surface area contributed by atoms with Gasteiger partial charge in [-0.3, -0.25) is 4.79 Å². The second-order valence-electron chi connectivity index (χ2n) is 13.9. The van der Waals surface area contributed by atoms with Crippen LogP contribution in [-0.2, 0) is 16.0 Å². The molecule has 0 aliphatic carbocycles. The van der Waals surface area contributed by atoms with Gasteiger partial charge in [0.1, 0.15) is 30.2 Å². The van der Waals surface area contributed by atoms with Crippen molar-refractivity contribution >= 4 is 29.3 Å². The number of aliphatic hydroxyl groups excluding tert-OH is 4. The van der Waals surface area contributed by atoms with Gasteiger partial charge in [0.15, 0.2) is 0 Å². The number of ether oxygens (including phenoxy) is 1. The predicted octanol–water partition coefficient (Wildman–Crippen LogP) is 3.98. The summed E-state index contributed by atoms with van der Waals surface area (Å²) in [5.74, 6) is -1.51. The fraction of sp³-hybridized carbons (Fsp3) is 0.325. The number of carboxylic acids is 1. The maximum atomic E-state index is 14.3. The van der Waals surface area contributed by atoms with E-state index < -0.39 is 54.3 Å². The first-order chi connectivity index (χ1) is 25.5. The number of hydrogen-bond donors (Lipinski definition) is 6. The Hall–Kier alpha value is -5.18. The van der Waals surface area contributed by atoms with Crippen molar-refractivity contribution in [3.63, 3.8) is 0 Å². The summed E-state index contributed by atoms with van der Waals surface area (Å²) in [6.45, 7) is 0.120. The van der Waals surface area contributed by atoms with Crippen molar-refractivity contribution in [2.45, 2.75) is 55.8 Å². The molecular formula is C40H40FN3O9. The molecule has 0 bridgehead atoms. The summed E-state index contributed by atoms with van der Waals surface area (Å²) in [7, 11) is 0. The Morgan fingerprint density at radius 3 is 2.13 bits per heavy atom. The molecule has 0 aromatic heterocycles. The number of carboxylic acid groups (broad SMARTS) is 1. The van der Waals surface area contributed by atoms with Gasteiger partial charge < -0.3 is 45.4 Å². The number of nitrogens with one attached hydrogen (secondary N) is 1. The Morgan fingerprint density at radius 1 is 0.830 bits per heavy atom. The van der Waals surface area contributed by atoms with Gasteiger partial charge in [0.2, 0.25) is 5.91 Å². The number of piperidine rings is 1. The molecule has 276 valence electrons. The maximum Gasteiger partial charge on any atom is 0.335 e. The summed E-state index contributed by atoms with van der Waals surface area (Å²) in [5.41, 5.74) is 3.64. The zero-order valence-electron chi connectivity index (χ0n) is 28.6. The lowest BCUT2D eigenvalue weighted by Crippen LogP contribution is -2.67. The van der Waals surface area contributed by atoms with E-state index in [1.807, 2.05) is 30.3 Å². The highest BCUT2D eigenvalue weighted by molar-refractivity contribution is 6.06. The van der Waals surface area contributed by atoms with Gasteiger partial charge in [0.25, 0.3) is 0 Å². The minimum atomic E-state index is -1.48. The number of β-lactam (4-membered cyclic amide) rings is 1. The fourth-order valence-corrected chi connectivity index (χ4v) is 7.78. The molecule has 3 aliphatic heterocycles. The number of likely N-dealkylation sites (tertiary alicyclic amines) is 1. The molecule has 4 aromatic rings. The molecule has 3 amide bonds. The molecule has 3 aliphatic rings. The maximum absolute atomic E-state index is 14.3. The number of aromatic carboxylic acids is 1. The van der Waals surface area contributed by atoms with Crippen molar-refractivity contribution in [3.05, 3.63) is 120 Å². The predicted molar refractivity (Wildman–Crippen MR) is 192 cm³/mol. The third-order valence-corrected chi connectivity index (χ3v) is 10.8. The lowest BCUT2D eigenvalue weighted by atomic mass is 9.62. The first-order valence-corrected chi connectivity index (χ1v) is 17.5. The zero-order valence-corrected chi connectivity index (χ0v) is 28.6. The summed E-state index contributed by atoms with van der Waals surface area (Å²) in [4.78, 5) is 42.4. The first kappa shape index (κ1) is 36.2. The molecule has 3 fully saturated rings. The van der Waals surface area contributed by atoms with Crippen LogP contribution in [0.2, 0.25) is 0 Å². The van der Waals surface area contributed by atoms with Crippen LogP contribution in [0.15, 0.2) is 97.1 Å². The number of rotatable bonds is 8. The number of anilines is 2. The molecule has 6 atom stereocenters. The van der Waals surface area contributed by atoms with Gasteiger partial charge in [-0.2, -0.15) is 0 Å². The van der Waals surface area contributed by atoms with Crippen molar-refractivity contribution in [2.24, 2.45) is 5.41 Å². The van der Waals surface area contributed by atoms with Gasteiger partial charge in [-0.1, -0.05) is 48.5 Å².